The SMILES string of the molecule is COCCCNCc1cnn(-c2ccccc2)n1. The molecular formula is C13H18N4O. The molecule has 96 valence electrons. The van der Waals surface area contributed by atoms with E-state index in [0.717, 1.165) is 37.5 Å². The lowest BCUT2D eigenvalue weighted by Crippen LogP contribution is -2.16. The third-order valence-corrected chi connectivity index (χ3v) is 2.53. The Balaban J connectivity index is 1.83. The number of methoxy groups -OCH3 is 1. The normalized spacial score (nSPS) is 10.7. The van der Waals surface area contributed by atoms with E-state index < -0.39 is 0 Å². The summed E-state index contributed by atoms with van der Waals surface area (Å²) in [5, 5.41) is 12.0. The summed E-state index contributed by atoms with van der Waals surface area (Å²) in [5.41, 5.74) is 1.92. The topological polar surface area (TPSA) is 52.0 Å². The van der Waals surface area contributed by atoms with Crippen LogP contribution >= 0.6 is 0 Å². The van der Waals surface area contributed by atoms with E-state index in [0.29, 0.717) is 0 Å². The molecule has 5 nitrogen and oxygen atoms in total. The molecule has 0 atom stereocenters. The largest absolute Gasteiger partial charge is 0.385 e. The Morgan fingerprint density at radius 3 is 2.89 bits per heavy atom. The number of rotatable bonds is 7. The Kier molecular flexibility index (Phi) is 4.87. The lowest BCUT2D eigenvalue weighted by molar-refractivity contribution is 0.194. The van der Waals surface area contributed by atoms with Crippen molar-refractivity contribution in [3.05, 3.63) is 42.2 Å². The van der Waals surface area contributed by atoms with Gasteiger partial charge in [-0.2, -0.15) is 15.0 Å². The fourth-order valence-electron chi connectivity index (χ4n) is 1.62. The summed E-state index contributed by atoms with van der Waals surface area (Å²) in [6, 6.07) is 9.89. The fraction of sp³-hybridized carbons (Fsp3) is 0.385. The summed E-state index contributed by atoms with van der Waals surface area (Å²) in [6.45, 7) is 2.44. The van der Waals surface area contributed by atoms with Crippen LogP contribution in [-0.4, -0.2) is 35.3 Å². The lowest BCUT2D eigenvalue weighted by Gasteiger charge is -2.01. The molecule has 0 unspecified atom stereocenters. The van der Waals surface area contributed by atoms with Crippen molar-refractivity contribution in [2.75, 3.05) is 20.3 Å². The van der Waals surface area contributed by atoms with Gasteiger partial charge in [0, 0.05) is 20.3 Å². The lowest BCUT2D eigenvalue weighted by atomic mass is 10.3. The molecule has 18 heavy (non-hydrogen) atoms. The molecule has 1 heterocycles. The third-order valence-electron chi connectivity index (χ3n) is 2.53. The average Bonchev–Trinajstić information content (AvgIpc) is 2.88. The maximum absolute atomic E-state index is 4.98. The number of ether oxygens (including phenoxy) is 1. The standard InChI is InChI=1S/C13H18N4O/c1-18-9-5-8-14-10-12-11-15-17(16-12)13-6-3-2-4-7-13/h2-4,6-7,11,14H,5,8-10H2,1H3. The summed E-state index contributed by atoms with van der Waals surface area (Å²) in [4.78, 5) is 1.65. The maximum Gasteiger partial charge on any atom is 0.0969 e. The molecule has 1 aromatic heterocycles. The van der Waals surface area contributed by atoms with Crippen LogP contribution in [0.4, 0.5) is 0 Å². The Morgan fingerprint density at radius 1 is 1.28 bits per heavy atom. The van der Waals surface area contributed by atoms with Crippen LogP contribution in [0.2, 0.25) is 0 Å². The van der Waals surface area contributed by atoms with Crippen molar-refractivity contribution in [3.8, 4) is 5.69 Å². The highest BCUT2D eigenvalue weighted by molar-refractivity contribution is 5.28. The summed E-state index contributed by atoms with van der Waals surface area (Å²) in [7, 11) is 1.71. The minimum absolute atomic E-state index is 0.733. The summed E-state index contributed by atoms with van der Waals surface area (Å²) in [6.07, 6.45) is 2.79. The van der Waals surface area contributed by atoms with Gasteiger partial charge in [-0.3, -0.25) is 0 Å². The van der Waals surface area contributed by atoms with Crippen molar-refractivity contribution in [2.24, 2.45) is 0 Å². The average molecular weight is 246 g/mol. The van der Waals surface area contributed by atoms with Crippen LogP contribution in [0.25, 0.3) is 5.69 Å². The highest BCUT2D eigenvalue weighted by Gasteiger charge is 2.01. The highest BCUT2D eigenvalue weighted by Crippen LogP contribution is 2.03. The predicted octanol–water partition coefficient (Wildman–Crippen LogP) is 1.39. The molecule has 0 radical (unpaired) electrons. The molecule has 0 bridgehead atoms. The molecule has 0 aliphatic carbocycles. The summed E-state index contributed by atoms with van der Waals surface area (Å²) in [5.74, 6) is 0. The first kappa shape index (κ1) is 12.7. The van der Waals surface area contributed by atoms with E-state index in [2.05, 4.69) is 15.5 Å². The minimum Gasteiger partial charge on any atom is -0.385 e. The fourth-order valence-corrected chi connectivity index (χ4v) is 1.62. The number of nitrogens with one attached hydrogen (secondary N) is 1. The molecule has 0 fully saturated rings. The molecule has 1 N–H and O–H groups in total. The number of aromatic nitrogens is 3. The molecule has 0 amide bonds. The quantitative estimate of drug-likeness (QED) is 0.750. The van der Waals surface area contributed by atoms with Gasteiger partial charge in [-0.15, -0.1) is 0 Å². The van der Waals surface area contributed by atoms with Crippen LogP contribution in [0.3, 0.4) is 0 Å². The molecule has 0 aliphatic rings. The van der Waals surface area contributed by atoms with Crippen LogP contribution in [-0.2, 0) is 11.3 Å². The maximum atomic E-state index is 4.98. The second-order valence-corrected chi connectivity index (χ2v) is 3.98. The Morgan fingerprint density at radius 2 is 2.11 bits per heavy atom. The first-order valence-corrected chi connectivity index (χ1v) is 6.06. The second kappa shape index (κ2) is 6.88. The van der Waals surface area contributed by atoms with Crippen molar-refractivity contribution in [1.82, 2.24) is 20.3 Å². The molecule has 2 aromatic rings. The number of para-hydroxylation sites is 1. The van der Waals surface area contributed by atoms with E-state index in [1.165, 1.54) is 0 Å². The number of nitrogens with zero attached hydrogens (tertiary/aromatic N) is 3. The zero-order valence-corrected chi connectivity index (χ0v) is 10.5. The van der Waals surface area contributed by atoms with Crippen LogP contribution in [0.5, 0.6) is 0 Å². The molecule has 5 heteroatoms. The summed E-state index contributed by atoms with van der Waals surface area (Å²) < 4.78 is 4.98. The van der Waals surface area contributed by atoms with Gasteiger partial charge in [-0.25, -0.2) is 0 Å². The van der Waals surface area contributed by atoms with Gasteiger partial charge in [0.1, 0.15) is 0 Å². The monoisotopic (exact) mass is 246 g/mol. The van der Waals surface area contributed by atoms with Crippen molar-refractivity contribution in [2.45, 2.75) is 13.0 Å². The van der Waals surface area contributed by atoms with E-state index in [4.69, 9.17) is 4.74 Å². The van der Waals surface area contributed by atoms with Gasteiger partial charge in [-0.05, 0) is 25.1 Å². The van der Waals surface area contributed by atoms with Crippen molar-refractivity contribution in [3.63, 3.8) is 0 Å². The van der Waals surface area contributed by atoms with Crippen molar-refractivity contribution >= 4 is 0 Å². The van der Waals surface area contributed by atoms with E-state index in [1.807, 2.05) is 30.3 Å². The number of hydrogen-bond donors (Lipinski definition) is 1. The zero-order valence-electron chi connectivity index (χ0n) is 10.5. The molecular weight excluding hydrogens is 228 g/mol. The van der Waals surface area contributed by atoms with Gasteiger partial charge >= 0.3 is 0 Å². The number of benzene rings is 1. The van der Waals surface area contributed by atoms with E-state index in [-0.39, 0.29) is 0 Å². The molecule has 2 rings (SSSR count). The van der Waals surface area contributed by atoms with Crippen LogP contribution < -0.4 is 5.32 Å². The van der Waals surface area contributed by atoms with Crippen LogP contribution in [0.15, 0.2) is 36.5 Å². The van der Waals surface area contributed by atoms with Crippen molar-refractivity contribution in [1.29, 1.82) is 0 Å². The molecule has 1 aromatic carbocycles. The molecule has 0 aliphatic heterocycles. The molecule has 0 saturated heterocycles. The second-order valence-electron chi connectivity index (χ2n) is 3.98. The van der Waals surface area contributed by atoms with Gasteiger partial charge in [0.05, 0.1) is 17.6 Å². The van der Waals surface area contributed by atoms with E-state index in [1.54, 1.807) is 18.1 Å². The van der Waals surface area contributed by atoms with Crippen molar-refractivity contribution < 1.29 is 4.74 Å². The van der Waals surface area contributed by atoms with Crippen LogP contribution in [0, 0.1) is 0 Å². The van der Waals surface area contributed by atoms with Gasteiger partial charge in [-0.1, -0.05) is 18.2 Å². The Hall–Kier alpha value is -1.72. The Bertz CT molecular complexity index is 455. The van der Waals surface area contributed by atoms with E-state index in [9.17, 15) is 0 Å². The van der Waals surface area contributed by atoms with Gasteiger partial charge < -0.3 is 10.1 Å². The predicted molar refractivity (Wildman–Crippen MR) is 69.6 cm³/mol. The van der Waals surface area contributed by atoms with Gasteiger partial charge in [0.2, 0.25) is 0 Å². The summed E-state index contributed by atoms with van der Waals surface area (Å²) >= 11 is 0. The van der Waals surface area contributed by atoms with Gasteiger partial charge in [0.25, 0.3) is 0 Å². The Labute approximate surface area is 107 Å². The van der Waals surface area contributed by atoms with E-state index >= 15 is 0 Å². The third kappa shape index (κ3) is 3.65. The molecule has 0 saturated carbocycles. The van der Waals surface area contributed by atoms with Gasteiger partial charge in [0.15, 0.2) is 0 Å². The minimum atomic E-state index is 0.733. The first-order chi connectivity index (χ1) is 8.90. The highest BCUT2D eigenvalue weighted by atomic mass is 16.5. The molecule has 0 spiro atoms. The number of hydrogen-bond acceptors (Lipinski definition) is 4. The zero-order chi connectivity index (χ0) is 12.6. The first-order valence-electron chi connectivity index (χ1n) is 6.06. The smallest absolute Gasteiger partial charge is 0.0969 e. The van der Waals surface area contributed by atoms with Crippen LogP contribution in [0.1, 0.15) is 12.1 Å².